The molecule has 0 N–H and O–H groups in total. The Balaban J connectivity index is 0. The van der Waals surface area contributed by atoms with E-state index in [0.29, 0.717) is 0 Å². The van der Waals surface area contributed by atoms with Crippen molar-refractivity contribution in [1.82, 2.24) is 0 Å². The molecule has 0 saturated carbocycles. The molecular weight excluding hydrogens is 361 g/mol. The second-order valence-corrected chi connectivity index (χ2v) is 0. The summed E-state index contributed by atoms with van der Waals surface area (Å²) < 4.78 is 0. The fourth-order valence-corrected chi connectivity index (χ4v) is 0. The molecule has 13 heavy (non-hydrogen) atoms. The zero-order chi connectivity index (χ0) is 0. The maximum absolute atomic E-state index is 0. The van der Waals surface area contributed by atoms with Gasteiger partial charge in [0.2, 0.25) is 0 Å². The van der Waals surface area contributed by atoms with Crippen molar-refractivity contribution in [3.05, 3.63) is 0 Å². The van der Waals surface area contributed by atoms with Gasteiger partial charge in [-0.1, -0.05) is 0 Å². The van der Waals surface area contributed by atoms with E-state index < -0.39 is 0 Å². The van der Waals surface area contributed by atoms with Gasteiger partial charge in [-0.3, -0.25) is 0 Å². The van der Waals surface area contributed by atoms with Gasteiger partial charge in [0.15, 0.2) is 0 Å². The van der Waals surface area contributed by atoms with Crippen LogP contribution in [-0.4, -0.2) is 236 Å². The summed E-state index contributed by atoms with van der Waals surface area (Å²) in [6, 6.07) is 0. The van der Waals surface area contributed by atoms with Crippen LogP contribution in [0.5, 0.6) is 0 Å². The summed E-state index contributed by atoms with van der Waals surface area (Å²) in [5.74, 6) is 0. The summed E-state index contributed by atoms with van der Waals surface area (Å²) >= 11 is 0. The summed E-state index contributed by atoms with van der Waals surface area (Å²) in [6.07, 6.45) is 0. The Bertz CT molecular complexity index is 12.5. The van der Waals surface area contributed by atoms with E-state index in [2.05, 4.69) is 0 Å². The molecule has 0 heterocycles. The van der Waals surface area contributed by atoms with E-state index in [-0.39, 0.29) is 298 Å². The van der Waals surface area contributed by atoms with Crippen molar-refractivity contribution < 1.29 is 0 Å². The van der Waals surface area contributed by atoms with Gasteiger partial charge < -0.3 is 0 Å². The Hall–Kier alpha value is 9.45. The number of halogens is 5. The Kier molecular flexibility index (Phi) is 894. The molecule has 0 nitrogen and oxygen atoms in total. The predicted molar refractivity (Wildman–Crippen MR) is 93.4 cm³/mol. The number of rotatable bonds is 0. The molecule has 0 spiro atoms. The zero-order valence-corrected chi connectivity index (χ0v) is 6.12. The zero-order valence-electron chi connectivity index (χ0n) is 2.04. The van der Waals surface area contributed by atoms with Crippen LogP contribution >= 0.6 is 62.0 Å². The van der Waals surface area contributed by atoms with Crippen molar-refractivity contribution in [2.45, 2.75) is 0 Å². The molecule has 0 fully saturated rings. The number of hydrogen-bond donors (Lipinski definition) is 0. The van der Waals surface area contributed by atoms with Gasteiger partial charge in [-0.2, -0.15) is 0 Å². The van der Waals surface area contributed by atoms with Crippen molar-refractivity contribution in [3.8, 4) is 0 Å². The van der Waals surface area contributed by atoms with Crippen molar-refractivity contribution in [3.63, 3.8) is 0 Å². The van der Waals surface area contributed by atoms with Gasteiger partial charge >= 0.3 is 236 Å². The van der Waals surface area contributed by atoms with E-state index in [1.54, 1.807) is 0 Å². The van der Waals surface area contributed by atoms with Gasteiger partial charge in [0.05, 0.1) is 0 Å². The molecule has 0 aliphatic rings. The van der Waals surface area contributed by atoms with Gasteiger partial charge in [-0.15, -0.1) is 62.0 Å². The molecular formula is H13Cl5Na8. The quantitative estimate of drug-likeness (QED) is 0.395. The van der Waals surface area contributed by atoms with Gasteiger partial charge in [-0.05, 0) is 0 Å². The molecule has 0 unspecified atom stereocenters. The first-order chi connectivity index (χ1) is 0. The molecule has 0 atom stereocenters. The molecule has 0 aromatic carbocycles. The molecule has 0 amide bonds. The molecule has 0 saturated heterocycles. The van der Waals surface area contributed by atoms with Gasteiger partial charge in [0.25, 0.3) is 0 Å². The SMILES string of the molecule is Cl.Cl.Cl.Cl.Cl.[NaH].[NaH].[NaH].[NaH].[NaH].[NaH].[NaH].[NaH]. The molecule has 0 aliphatic carbocycles. The average Bonchev–Trinajstić information content (AvgIpc) is 0. The standard InChI is InChI=1S/5ClH.8Na.8H/h5*1H;;;;;;;;;;;;;;;;. The van der Waals surface area contributed by atoms with Gasteiger partial charge in [0, 0.05) is 0 Å². The first-order valence-corrected chi connectivity index (χ1v) is 0. The normalized spacial score (nSPS) is 0. The summed E-state index contributed by atoms with van der Waals surface area (Å²) in [4.78, 5) is 0. The molecule has 0 aliphatic heterocycles. The van der Waals surface area contributed by atoms with Gasteiger partial charge in [0.1, 0.15) is 0 Å². The molecule has 0 radical (unpaired) electrons. The van der Waals surface area contributed by atoms with Crippen molar-refractivity contribution in [1.29, 1.82) is 0 Å². The minimum atomic E-state index is 0. The maximum atomic E-state index is 0. The summed E-state index contributed by atoms with van der Waals surface area (Å²) in [5, 5.41) is 0. The third-order valence-corrected chi connectivity index (χ3v) is 0. The molecule has 0 aromatic rings. The molecule has 0 bridgehead atoms. The van der Waals surface area contributed by atoms with Crippen LogP contribution in [0.25, 0.3) is 0 Å². The summed E-state index contributed by atoms with van der Waals surface area (Å²) in [5.41, 5.74) is 0. The number of hydrogen-bond acceptors (Lipinski definition) is 0. The van der Waals surface area contributed by atoms with Crippen LogP contribution in [-0.2, 0) is 0 Å². The fraction of sp³-hybridized carbons (Fsp3) is 0. The van der Waals surface area contributed by atoms with Crippen LogP contribution in [0.3, 0.4) is 0 Å². The van der Waals surface area contributed by atoms with Gasteiger partial charge in [-0.25, -0.2) is 0 Å². The van der Waals surface area contributed by atoms with E-state index in [1.165, 1.54) is 0 Å². The molecule has 0 aromatic heterocycles. The van der Waals surface area contributed by atoms with Crippen molar-refractivity contribution >= 4 is 298 Å². The Labute approximate surface area is 289 Å². The third kappa shape index (κ3) is 90.9. The summed E-state index contributed by atoms with van der Waals surface area (Å²) in [7, 11) is 0. The van der Waals surface area contributed by atoms with Crippen molar-refractivity contribution in [2.24, 2.45) is 0 Å². The van der Waals surface area contributed by atoms with Crippen LogP contribution in [0.15, 0.2) is 0 Å². The molecule has 13 heteroatoms. The van der Waals surface area contributed by atoms with Crippen LogP contribution in [0.4, 0.5) is 0 Å². The van der Waals surface area contributed by atoms with Crippen LogP contribution < -0.4 is 0 Å². The first-order valence-electron chi connectivity index (χ1n) is 0. The van der Waals surface area contributed by atoms with E-state index >= 15 is 0 Å². The van der Waals surface area contributed by atoms with Crippen LogP contribution in [0.1, 0.15) is 0 Å². The molecule has 0 rings (SSSR count). The van der Waals surface area contributed by atoms with Crippen LogP contribution in [0, 0.1) is 0 Å². The summed E-state index contributed by atoms with van der Waals surface area (Å²) in [6.45, 7) is 0. The Morgan fingerprint density at radius 2 is 0.154 bits per heavy atom. The Morgan fingerprint density at radius 1 is 0.154 bits per heavy atom. The fourth-order valence-electron chi connectivity index (χ4n) is 0. The average molecular weight is 374 g/mol. The third-order valence-electron chi connectivity index (χ3n) is 0. The van der Waals surface area contributed by atoms with E-state index in [1.807, 2.05) is 0 Å². The minimum absolute atomic E-state index is 0. The predicted octanol–water partition coefficient (Wildman–Crippen LogP) is -3.08. The monoisotopic (exact) mass is 372 g/mol. The molecule has 56 valence electrons. The van der Waals surface area contributed by atoms with Crippen LogP contribution in [0.2, 0.25) is 0 Å². The second kappa shape index (κ2) is 100. The second-order valence-electron chi connectivity index (χ2n) is 0. The Morgan fingerprint density at radius 3 is 0.154 bits per heavy atom. The van der Waals surface area contributed by atoms with Crippen molar-refractivity contribution in [2.75, 3.05) is 0 Å². The first kappa shape index (κ1) is 116. The van der Waals surface area contributed by atoms with E-state index in [4.69, 9.17) is 0 Å². The van der Waals surface area contributed by atoms with E-state index in [0.717, 1.165) is 0 Å². The topological polar surface area (TPSA) is 0 Å². The van der Waals surface area contributed by atoms with E-state index in [9.17, 15) is 0 Å².